The summed E-state index contributed by atoms with van der Waals surface area (Å²) >= 11 is 0. The van der Waals surface area contributed by atoms with E-state index in [1.165, 1.54) is 6.07 Å². The molecule has 0 aliphatic heterocycles. The van der Waals surface area contributed by atoms with E-state index >= 15 is 0 Å². The van der Waals surface area contributed by atoms with Crippen molar-refractivity contribution in [3.8, 4) is 0 Å². The van der Waals surface area contributed by atoms with Gasteiger partial charge in [0.25, 0.3) is 15.0 Å². The highest BCUT2D eigenvalue weighted by molar-refractivity contribution is 7.89. The molecule has 0 saturated heterocycles. The van der Waals surface area contributed by atoms with Crippen molar-refractivity contribution in [2.75, 3.05) is 12.3 Å². The minimum absolute atomic E-state index is 0.212. The number of aromatic nitrogens is 1. The Morgan fingerprint density at radius 1 is 1.47 bits per heavy atom. The average Bonchev–Trinajstić information content (AvgIpc) is 2.34. The van der Waals surface area contributed by atoms with E-state index in [0.29, 0.717) is 6.42 Å². The van der Waals surface area contributed by atoms with E-state index in [9.17, 15) is 18.5 Å². The number of nitro groups is 1. The van der Waals surface area contributed by atoms with Gasteiger partial charge in [0.15, 0.2) is 0 Å². The molecule has 1 rings (SSSR count). The number of rotatable bonds is 7. The maximum Gasteiger partial charge on any atom is 0.330 e. The first-order valence-electron chi connectivity index (χ1n) is 5.78. The van der Waals surface area contributed by atoms with Crippen LogP contribution in [0.2, 0.25) is 0 Å². The van der Waals surface area contributed by atoms with Crippen LogP contribution in [0.4, 0.5) is 11.4 Å². The molecule has 0 aromatic carbocycles. The molecule has 0 radical (unpaired) electrons. The van der Waals surface area contributed by atoms with Gasteiger partial charge < -0.3 is 5.73 Å². The molecule has 8 nitrogen and oxygen atoms in total. The number of nitrogens with two attached hydrogens (primary N) is 1. The summed E-state index contributed by atoms with van der Waals surface area (Å²) in [6, 6.07) is 1.19. The van der Waals surface area contributed by atoms with Gasteiger partial charge in [0.2, 0.25) is 0 Å². The Kier molecular flexibility index (Phi) is 5.19. The average molecular weight is 288 g/mol. The summed E-state index contributed by atoms with van der Waals surface area (Å²) in [5, 5.41) is 10.2. The molecule has 1 aromatic rings. The fraction of sp³-hybridized carbons (Fsp3) is 0.500. The third kappa shape index (κ3) is 3.86. The number of pyridine rings is 1. The van der Waals surface area contributed by atoms with Crippen LogP contribution in [0.15, 0.2) is 17.3 Å². The number of nitrogens with one attached hydrogen (secondary N) is 1. The molecule has 0 amide bonds. The summed E-state index contributed by atoms with van der Waals surface area (Å²) in [5.41, 5.74) is 4.50. The van der Waals surface area contributed by atoms with E-state index in [1.54, 1.807) is 0 Å². The Morgan fingerprint density at radius 3 is 2.74 bits per heavy atom. The quantitative estimate of drug-likeness (QED) is 0.438. The minimum Gasteiger partial charge on any atom is -0.393 e. The second-order valence-electron chi connectivity index (χ2n) is 3.92. The fourth-order valence-corrected chi connectivity index (χ4v) is 2.68. The number of anilines is 1. The highest BCUT2D eigenvalue weighted by atomic mass is 32.2. The maximum absolute atomic E-state index is 11.9. The lowest BCUT2D eigenvalue weighted by molar-refractivity contribution is -0.387. The molecular formula is C10H16N4O4S. The molecule has 1 heterocycles. The van der Waals surface area contributed by atoms with Crippen molar-refractivity contribution in [2.45, 2.75) is 31.2 Å². The van der Waals surface area contributed by atoms with Gasteiger partial charge in [-0.3, -0.25) is 10.1 Å². The van der Waals surface area contributed by atoms with E-state index in [1.807, 2.05) is 6.92 Å². The molecule has 0 atom stereocenters. The van der Waals surface area contributed by atoms with Crippen molar-refractivity contribution in [3.63, 3.8) is 0 Å². The molecule has 9 heteroatoms. The van der Waals surface area contributed by atoms with Gasteiger partial charge in [-0.05, 0) is 12.5 Å². The summed E-state index contributed by atoms with van der Waals surface area (Å²) in [6.45, 7) is 2.20. The van der Waals surface area contributed by atoms with Gasteiger partial charge in [0, 0.05) is 12.7 Å². The first-order chi connectivity index (χ1) is 8.90. The standard InChI is InChI=1S/C10H16N4O4S/c1-2-3-4-6-13-19(17,18)10-9(14(15)16)8(11)5-7-12-10/h5,7,13H,2-4,6H2,1H3,(H2,11,12). The Labute approximate surface area is 111 Å². The first kappa shape index (κ1) is 15.3. The van der Waals surface area contributed by atoms with Gasteiger partial charge in [-0.1, -0.05) is 19.8 Å². The van der Waals surface area contributed by atoms with Crippen LogP contribution in [-0.2, 0) is 10.0 Å². The highest BCUT2D eigenvalue weighted by Gasteiger charge is 2.29. The Balaban J connectivity index is 3.01. The van der Waals surface area contributed by atoms with Crippen LogP contribution >= 0.6 is 0 Å². The number of hydrogen-bond acceptors (Lipinski definition) is 6. The second-order valence-corrected chi connectivity index (χ2v) is 5.60. The minimum atomic E-state index is -4.02. The molecule has 106 valence electrons. The van der Waals surface area contributed by atoms with Gasteiger partial charge in [-0.25, -0.2) is 18.1 Å². The van der Waals surface area contributed by atoms with Crippen molar-refractivity contribution >= 4 is 21.4 Å². The van der Waals surface area contributed by atoms with E-state index in [-0.39, 0.29) is 12.2 Å². The monoisotopic (exact) mass is 288 g/mol. The van der Waals surface area contributed by atoms with Gasteiger partial charge in [0.05, 0.1) is 4.92 Å². The summed E-state index contributed by atoms with van der Waals surface area (Å²) in [4.78, 5) is 13.6. The normalized spacial score (nSPS) is 11.4. The van der Waals surface area contributed by atoms with E-state index in [2.05, 4.69) is 9.71 Å². The molecule has 0 saturated carbocycles. The molecule has 19 heavy (non-hydrogen) atoms. The van der Waals surface area contributed by atoms with Crippen LogP contribution in [-0.4, -0.2) is 24.9 Å². The van der Waals surface area contributed by atoms with Crippen LogP contribution in [0, 0.1) is 10.1 Å². The fourth-order valence-electron chi connectivity index (χ4n) is 1.48. The largest absolute Gasteiger partial charge is 0.393 e. The Bertz CT molecular complexity index is 559. The Morgan fingerprint density at radius 2 is 2.16 bits per heavy atom. The number of nitrogens with zero attached hydrogens (tertiary/aromatic N) is 2. The first-order valence-corrected chi connectivity index (χ1v) is 7.27. The van der Waals surface area contributed by atoms with Gasteiger partial charge >= 0.3 is 5.69 Å². The second kappa shape index (κ2) is 6.43. The zero-order valence-corrected chi connectivity index (χ0v) is 11.3. The summed E-state index contributed by atoms with van der Waals surface area (Å²) in [5.74, 6) is 0. The maximum atomic E-state index is 11.9. The smallest absolute Gasteiger partial charge is 0.330 e. The molecule has 0 spiro atoms. The Hall–Kier alpha value is -1.74. The molecule has 0 aliphatic carbocycles. The summed E-state index contributed by atoms with van der Waals surface area (Å²) in [6.07, 6.45) is 3.60. The number of nitrogen functional groups attached to an aromatic ring is 1. The van der Waals surface area contributed by atoms with Crippen LogP contribution in [0.3, 0.4) is 0 Å². The van der Waals surface area contributed by atoms with Crippen molar-refractivity contribution in [2.24, 2.45) is 0 Å². The lowest BCUT2D eigenvalue weighted by Gasteiger charge is -2.07. The third-order valence-corrected chi connectivity index (χ3v) is 3.82. The molecule has 0 unspecified atom stereocenters. The SMILES string of the molecule is CCCCCNS(=O)(=O)c1nccc(N)c1[N+](=O)[O-]. The summed E-state index contributed by atoms with van der Waals surface area (Å²) < 4.78 is 26.2. The van der Waals surface area contributed by atoms with Crippen LogP contribution in [0.5, 0.6) is 0 Å². The number of sulfonamides is 1. The lowest BCUT2D eigenvalue weighted by atomic mass is 10.3. The molecule has 0 fully saturated rings. The van der Waals surface area contributed by atoms with Crippen molar-refractivity contribution < 1.29 is 13.3 Å². The lowest BCUT2D eigenvalue weighted by Crippen LogP contribution is -2.26. The highest BCUT2D eigenvalue weighted by Crippen LogP contribution is 2.27. The van der Waals surface area contributed by atoms with E-state index in [0.717, 1.165) is 19.0 Å². The van der Waals surface area contributed by atoms with E-state index in [4.69, 9.17) is 5.73 Å². The van der Waals surface area contributed by atoms with Crippen molar-refractivity contribution in [1.29, 1.82) is 0 Å². The predicted octanol–water partition coefficient (Wildman–Crippen LogP) is 1.04. The number of unbranched alkanes of at least 4 members (excludes halogenated alkanes) is 2. The van der Waals surface area contributed by atoms with Crippen LogP contribution < -0.4 is 10.5 Å². The van der Waals surface area contributed by atoms with E-state index < -0.39 is 25.7 Å². The molecule has 3 N–H and O–H groups in total. The molecular weight excluding hydrogens is 272 g/mol. The summed E-state index contributed by atoms with van der Waals surface area (Å²) in [7, 11) is -4.02. The molecule has 1 aromatic heterocycles. The van der Waals surface area contributed by atoms with Crippen LogP contribution in [0.1, 0.15) is 26.2 Å². The van der Waals surface area contributed by atoms with Gasteiger partial charge in [-0.15, -0.1) is 0 Å². The predicted molar refractivity (Wildman–Crippen MR) is 70.0 cm³/mol. The van der Waals surface area contributed by atoms with Gasteiger partial charge in [-0.2, -0.15) is 0 Å². The topological polar surface area (TPSA) is 128 Å². The van der Waals surface area contributed by atoms with Gasteiger partial charge in [0.1, 0.15) is 5.69 Å². The van der Waals surface area contributed by atoms with Crippen molar-refractivity contribution in [3.05, 3.63) is 22.4 Å². The molecule has 0 aliphatic rings. The zero-order valence-electron chi connectivity index (χ0n) is 10.5. The zero-order chi connectivity index (χ0) is 14.5. The number of hydrogen-bond donors (Lipinski definition) is 2. The van der Waals surface area contributed by atoms with Crippen LogP contribution in [0.25, 0.3) is 0 Å². The molecule has 0 bridgehead atoms. The van der Waals surface area contributed by atoms with Crippen molar-refractivity contribution in [1.82, 2.24) is 9.71 Å². The third-order valence-electron chi connectivity index (χ3n) is 2.43.